The van der Waals surface area contributed by atoms with Crippen molar-refractivity contribution >= 4 is 38.9 Å². The van der Waals surface area contributed by atoms with Crippen LogP contribution in [0.1, 0.15) is 10.7 Å². The van der Waals surface area contributed by atoms with Crippen LogP contribution in [0, 0.1) is 5.82 Å². The van der Waals surface area contributed by atoms with Gasteiger partial charge in [-0.1, -0.05) is 23.2 Å². The van der Waals surface area contributed by atoms with Gasteiger partial charge in [0.15, 0.2) is 22.1 Å². The molecule has 4 aromatic rings. The molecule has 0 amide bonds. The molecule has 0 atom stereocenters. The van der Waals surface area contributed by atoms with Gasteiger partial charge in [-0.3, -0.25) is 0 Å². The number of benzene rings is 2. The molecule has 31 heavy (non-hydrogen) atoms. The van der Waals surface area contributed by atoms with Gasteiger partial charge in [-0.25, -0.2) is 27.1 Å². The van der Waals surface area contributed by atoms with Crippen LogP contribution in [0.15, 0.2) is 59.5 Å². The van der Waals surface area contributed by atoms with Crippen LogP contribution in [0.25, 0.3) is 28.3 Å². The molecule has 0 saturated carbocycles. The first-order valence-electron chi connectivity index (χ1n) is 9.01. The number of sulfonamides is 1. The summed E-state index contributed by atoms with van der Waals surface area (Å²) in [6, 6.07) is 13.8. The number of alkyl halides is 2. The monoisotopic (exact) mass is 479 g/mol. The molecule has 2 heterocycles. The summed E-state index contributed by atoms with van der Waals surface area (Å²) in [5.74, 6) is 0.213. The number of aromatic nitrogens is 4. The first kappa shape index (κ1) is 21.6. The molecule has 0 aliphatic heterocycles. The average Bonchev–Trinajstić information content (AvgIpc) is 3.17. The van der Waals surface area contributed by atoms with E-state index in [9.17, 15) is 12.8 Å². The molecule has 0 saturated heterocycles. The van der Waals surface area contributed by atoms with Crippen LogP contribution in [0.3, 0.4) is 0 Å². The maximum absolute atomic E-state index is 13.3. The second-order valence-corrected chi connectivity index (χ2v) is 10.1. The van der Waals surface area contributed by atoms with Crippen LogP contribution in [0.5, 0.6) is 0 Å². The topological polar surface area (TPSA) is 80.5 Å². The quantitative estimate of drug-likeness (QED) is 0.398. The summed E-state index contributed by atoms with van der Waals surface area (Å²) in [6.07, 6.45) is 0. The predicted molar refractivity (Wildman–Crippen MR) is 117 cm³/mol. The van der Waals surface area contributed by atoms with E-state index in [1.165, 1.54) is 42.9 Å². The average molecular weight is 480 g/mol. The summed E-state index contributed by atoms with van der Waals surface area (Å²) in [5, 5.41) is 4.55. The van der Waals surface area contributed by atoms with Gasteiger partial charge in [0, 0.05) is 31.3 Å². The molecule has 0 aliphatic carbocycles. The molecule has 11 heteroatoms. The molecule has 0 fully saturated rings. The van der Waals surface area contributed by atoms with Gasteiger partial charge in [0.2, 0.25) is 10.0 Å². The van der Waals surface area contributed by atoms with Crippen LogP contribution in [0.2, 0.25) is 0 Å². The Balaban J connectivity index is 1.87. The van der Waals surface area contributed by atoms with Crippen LogP contribution < -0.4 is 0 Å². The van der Waals surface area contributed by atoms with Crippen LogP contribution in [0.4, 0.5) is 4.39 Å². The van der Waals surface area contributed by atoms with E-state index in [0.717, 1.165) is 4.31 Å². The van der Waals surface area contributed by atoms with Gasteiger partial charge in [-0.15, -0.1) is 0 Å². The van der Waals surface area contributed by atoms with Gasteiger partial charge in [0.1, 0.15) is 5.82 Å². The smallest absolute Gasteiger partial charge is 0.211 e. The Kier molecular flexibility index (Phi) is 5.69. The molecule has 0 radical (unpaired) electrons. The largest absolute Gasteiger partial charge is 0.242 e. The minimum atomic E-state index is -3.57. The molecular weight excluding hydrogens is 464 g/mol. The van der Waals surface area contributed by atoms with Gasteiger partial charge < -0.3 is 0 Å². The summed E-state index contributed by atoms with van der Waals surface area (Å²) < 4.78 is 40.6. The Hall–Kier alpha value is -2.59. The Labute approximate surface area is 188 Å². The van der Waals surface area contributed by atoms with Crippen molar-refractivity contribution in [3.63, 3.8) is 0 Å². The molecule has 7 nitrogen and oxygen atoms in total. The van der Waals surface area contributed by atoms with Crippen molar-refractivity contribution < 1.29 is 12.8 Å². The number of rotatable bonds is 5. The number of fused-ring (bicyclic) bond motifs is 1. The molecule has 0 aliphatic rings. The number of hydrogen-bond acceptors (Lipinski definition) is 5. The summed E-state index contributed by atoms with van der Waals surface area (Å²) >= 11 is 12.0. The van der Waals surface area contributed by atoms with Crippen LogP contribution in [-0.2, 0) is 10.0 Å². The van der Waals surface area contributed by atoms with E-state index in [2.05, 4.69) is 15.1 Å². The zero-order valence-corrected chi connectivity index (χ0v) is 18.7. The lowest BCUT2D eigenvalue weighted by Gasteiger charge is -2.12. The Morgan fingerprint density at radius 2 is 1.58 bits per heavy atom. The van der Waals surface area contributed by atoms with E-state index in [0.29, 0.717) is 28.3 Å². The molecule has 0 spiro atoms. The molecule has 0 N–H and O–H groups in total. The zero-order chi connectivity index (χ0) is 22.3. The number of nitrogens with zero attached hydrogens (tertiary/aromatic N) is 5. The Morgan fingerprint density at radius 1 is 0.968 bits per heavy atom. The lowest BCUT2D eigenvalue weighted by molar-refractivity contribution is 0.521. The van der Waals surface area contributed by atoms with Crippen molar-refractivity contribution in [2.45, 2.75) is 9.73 Å². The molecule has 2 aromatic heterocycles. The maximum atomic E-state index is 13.3. The summed E-state index contributed by atoms with van der Waals surface area (Å²) in [5.41, 5.74) is 2.28. The Bertz CT molecular complexity index is 1360. The van der Waals surface area contributed by atoms with Crippen LogP contribution >= 0.6 is 23.2 Å². The molecule has 0 unspecified atom stereocenters. The van der Waals surface area contributed by atoms with E-state index < -0.39 is 14.9 Å². The van der Waals surface area contributed by atoms with Crippen LogP contribution in [-0.4, -0.2) is 46.4 Å². The van der Waals surface area contributed by atoms with Crippen molar-refractivity contribution in [3.8, 4) is 22.6 Å². The Morgan fingerprint density at radius 3 is 2.16 bits per heavy atom. The highest BCUT2D eigenvalue weighted by Crippen LogP contribution is 2.28. The highest BCUT2D eigenvalue weighted by Gasteiger charge is 2.20. The number of hydrogen-bond donors (Lipinski definition) is 0. The third-order valence-corrected chi connectivity index (χ3v) is 6.79. The second kappa shape index (κ2) is 8.16. The van der Waals surface area contributed by atoms with Crippen molar-refractivity contribution in [2.24, 2.45) is 0 Å². The van der Waals surface area contributed by atoms with E-state index in [4.69, 9.17) is 23.2 Å². The normalized spacial score (nSPS) is 12.2. The molecule has 0 bridgehead atoms. The van der Waals surface area contributed by atoms with Gasteiger partial charge in [0.25, 0.3) is 0 Å². The summed E-state index contributed by atoms with van der Waals surface area (Å²) in [7, 11) is -0.643. The van der Waals surface area contributed by atoms with E-state index in [-0.39, 0.29) is 16.5 Å². The molecular formula is C20H16Cl2FN5O2S. The molecule has 4 rings (SSSR count). The first-order valence-corrected chi connectivity index (χ1v) is 11.3. The third kappa shape index (κ3) is 4.14. The zero-order valence-electron chi connectivity index (χ0n) is 16.4. The van der Waals surface area contributed by atoms with E-state index in [1.54, 1.807) is 30.3 Å². The van der Waals surface area contributed by atoms with Crippen molar-refractivity contribution in [2.75, 3.05) is 14.1 Å². The fraction of sp³-hybridized carbons (Fsp3) is 0.150. The summed E-state index contributed by atoms with van der Waals surface area (Å²) in [4.78, 5) is 7.95. The van der Waals surface area contributed by atoms with E-state index >= 15 is 0 Å². The van der Waals surface area contributed by atoms with Crippen molar-refractivity contribution in [3.05, 3.63) is 66.2 Å². The summed E-state index contributed by atoms with van der Waals surface area (Å²) in [6.45, 7) is 0. The third-order valence-electron chi connectivity index (χ3n) is 4.57. The second-order valence-electron chi connectivity index (χ2n) is 6.82. The maximum Gasteiger partial charge on any atom is 0.242 e. The standard InChI is InChI=1S/C20H16Cl2FN5O2S/c1-27(2)31(29,30)15-9-5-13(6-10-15)20-25-19(18(21)22)24-17-11-16(26-28(17)20)12-3-7-14(23)8-4-12/h3-11,18H,1-2H3. The first-order chi connectivity index (χ1) is 14.7. The minimum absolute atomic E-state index is 0.145. The lowest BCUT2D eigenvalue weighted by Crippen LogP contribution is -2.22. The minimum Gasteiger partial charge on any atom is -0.211 e. The number of halogens is 3. The SMILES string of the molecule is CN(C)S(=O)(=O)c1ccc(-c2nc(C(Cl)Cl)nc3cc(-c4ccc(F)cc4)nn23)cc1. The highest BCUT2D eigenvalue weighted by atomic mass is 35.5. The van der Waals surface area contributed by atoms with Gasteiger partial charge in [-0.05, 0) is 48.5 Å². The molecule has 160 valence electrons. The predicted octanol–water partition coefficient (Wildman–Crippen LogP) is 4.32. The lowest BCUT2D eigenvalue weighted by atomic mass is 10.1. The molecule has 2 aromatic carbocycles. The van der Waals surface area contributed by atoms with E-state index in [1.807, 2.05) is 0 Å². The van der Waals surface area contributed by atoms with Gasteiger partial charge in [-0.2, -0.15) is 9.61 Å². The van der Waals surface area contributed by atoms with Gasteiger partial charge >= 0.3 is 0 Å². The fourth-order valence-electron chi connectivity index (χ4n) is 2.94. The van der Waals surface area contributed by atoms with Crippen molar-refractivity contribution in [1.82, 2.24) is 23.9 Å². The van der Waals surface area contributed by atoms with Crippen molar-refractivity contribution in [1.29, 1.82) is 0 Å². The highest BCUT2D eigenvalue weighted by molar-refractivity contribution is 7.89. The van der Waals surface area contributed by atoms with Gasteiger partial charge in [0.05, 0.1) is 10.6 Å². The fourth-order valence-corrected chi connectivity index (χ4v) is 4.03.